The first-order chi connectivity index (χ1) is 16.6. The second-order valence-corrected chi connectivity index (χ2v) is 10.3. The normalized spacial score (nSPS) is 13.5. The van der Waals surface area contributed by atoms with E-state index in [0.29, 0.717) is 17.2 Å². The highest BCUT2D eigenvalue weighted by molar-refractivity contribution is 14.1. The van der Waals surface area contributed by atoms with Crippen molar-refractivity contribution in [3.8, 4) is 11.5 Å². The monoisotopic (exact) mass is 615 g/mol. The maximum Gasteiger partial charge on any atom is 0.132 e. The van der Waals surface area contributed by atoms with Gasteiger partial charge in [-0.1, -0.05) is 37.3 Å². The Bertz CT molecular complexity index is 1110. The molecule has 0 aliphatic heterocycles. The van der Waals surface area contributed by atoms with Crippen LogP contribution in [-0.2, 0) is 18.6 Å². The summed E-state index contributed by atoms with van der Waals surface area (Å²) in [6, 6.07) is 13.8. The van der Waals surface area contributed by atoms with Crippen molar-refractivity contribution in [1.82, 2.24) is 15.0 Å². The summed E-state index contributed by atoms with van der Waals surface area (Å²) >= 11 is 7.87. The zero-order valence-electron chi connectivity index (χ0n) is 20.0. The molecule has 3 N–H and O–H groups in total. The number of rotatable bonds is 12. The topological polar surface area (TPSA) is 110 Å². The van der Waals surface area contributed by atoms with Crippen molar-refractivity contribution in [2.24, 2.45) is 0 Å². The first kappa shape index (κ1) is 27.7. The lowest BCUT2D eigenvalue weighted by molar-refractivity contribution is 0.0882. The van der Waals surface area contributed by atoms with Gasteiger partial charge in [0.25, 0.3) is 0 Å². The molecule has 10 heteroatoms. The lowest BCUT2D eigenvalue weighted by atomic mass is 9.78. The maximum absolute atomic E-state index is 10.3. The Morgan fingerprint density at radius 1 is 1.03 bits per heavy atom. The molecule has 2 aromatic carbocycles. The molecule has 0 aliphatic carbocycles. The van der Waals surface area contributed by atoms with Gasteiger partial charge >= 0.3 is 0 Å². The lowest BCUT2D eigenvalue weighted by Crippen LogP contribution is -2.25. The largest absolute Gasteiger partial charge is 0.491 e. The Morgan fingerprint density at radius 2 is 1.69 bits per heavy atom. The van der Waals surface area contributed by atoms with E-state index in [1.807, 2.05) is 36.4 Å². The molecule has 0 amide bonds. The Balaban J connectivity index is 1.60. The van der Waals surface area contributed by atoms with Gasteiger partial charge in [0.2, 0.25) is 0 Å². The number of nitrogens with zero attached hydrogens (tertiary/aromatic N) is 3. The molecule has 0 aliphatic rings. The van der Waals surface area contributed by atoms with Gasteiger partial charge in [-0.05, 0) is 64.9 Å². The van der Waals surface area contributed by atoms with Crippen LogP contribution in [-0.4, -0.2) is 61.6 Å². The van der Waals surface area contributed by atoms with E-state index >= 15 is 0 Å². The zero-order valence-corrected chi connectivity index (χ0v) is 22.9. The van der Waals surface area contributed by atoms with E-state index in [4.69, 9.17) is 21.1 Å². The highest BCUT2D eigenvalue weighted by Crippen LogP contribution is 2.35. The molecule has 3 aromatic rings. The van der Waals surface area contributed by atoms with Gasteiger partial charge < -0.3 is 24.8 Å². The van der Waals surface area contributed by atoms with Crippen LogP contribution >= 0.6 is 34.2 Å². The Hall–Kier alpha value is -1.92. The summed E-state index contributed by atoms with van der Waals surface area (Å²) in [5.41, 5.74) is 3.20. The van der Waals surface area contributed by atoms with E-state index in [0.717, 1.165) is 20.4 Å². The quantitative estimate of drug-likeness (QED) is 0.212. The molecular formula is C25H31ClIN3O5. The molecule has 190 valence electrons. The maximum atomic E-state index is 10.3. The number of aromatic nitrogens is 3. The van der Waals surface area contributed by atoms with Crippen molar-refractivity contribution in [2.45, 2.75) is 51.5 Å². The molecule has 2 atom stereocenters. The number of aliphatic hydroxyl groups is 3. The van der Waals surface area contributed by atoms with E-state index in [2.05, 4.69) is 52.8 Å². The molecule has 0 spiro atoms. The molecule has 1 heterocycles. The fourth-order valence-electron chi connectivity index (χ4n) is 3.53. The van der Waals surface area contributed by atoms with Crippen LogP contribution in [0.25, 0.3) is 0 Å². The average molecular weight is 616 g/mol. The molecule has 0 unspecified atom stereocenters. The van der Waals surface area contributed by atoms with Crippen molar-refractivity contribution in [1.29, 1.82) is 0 Å². The van der Waals surface area contributed by atoms with E-state index in [-0.39, 0.29) is 37.7 Å². The Kier molecular flexibility index (Phi) is 9.77. The van der Waals surface area contributed by atoms with Crippen molar-refractivity contribution in [3.05, 3.63) is 68.5 Å². The zero-order chi connectivity index (χ0) is 25.6. The van der Waals surface area contributed by atoms with Crippen molar-refractivity contribution in [2.75, 3.05) is 19.1 Å². The van der Waals surface area contributed by atoms with E-state index in [1.54, 1.807) is 11.6 Å². The van der Waals surface area contributed by atoms with Gasteiger partial charge in [-0.2, -0.15) is 0 Å². The van der Waals surface area contributed by atoms with Crippen LogP contribution in [0.5, 0.6) is 11.5 Å². The van der Waals surface area contributed by atoms with Crippen LogP contribution < -0.4 is 9.47 Å². The molecule has 3 rings (SSSR count). The third-order valence-corrected chi connectivity index (χ3v) is 7.09. The minimum absolute atomic E-state index is 0.106. The third kappa shape index (κ3) is 7.07. The van der Waals surface area contributed by atoms with Crippen molar-refractivity contribution < 1.29 is 24.8 Å². The second-order valence-electron chi connectivity index (χ2n) is 8.84. The number of hydrogen-bond acceptors (Lipinski definition) is 7. The highest BCUT2D eigenvalue weighted by Gasteiger charge is 2.24. The fourth-order valence-corrected chi connectivity index (χ4v) is 4.29. The molecular weight excluding hydrogens is 585 g/mol. The number of aliphatic hydroxyl groups excluding tert-OH is 3. The number of alkyl halides is 1. The van der Waals surface area contributed by atoms with Crippen LogP contribution in [0, 0.1) is 10.5 Å². The van der Waals surface area contributed by atoms with Crippen LogP contribution in [0.2, 0.25) is 0 Å². The molecule has 1 aromatic heterocycles. The summed E-state index contributed by atoms with van der Waals surface area (Å²) in [4.78, 5) is 0. The summed E-state index contributed by atoms with van der Waals surface area (Å²) in [6.45, 7) is 6.40. The second kappa shape index (κ2) is 12.4. The number of benzene rings is 2. The minimum atomic E-state index is -0.772. The summed E-state index contributed by atoms with van der Waals surface area (Å²) in [6.07, 6.45) is -1.47. The third-order valence-electron chi connectivity index (χ3n) is 5.89. The highest BCUT2D eigenvalue weighted by atomic mass is 127. The van der Waals surface area contributed by atoms with Gasteiger partial charge in [-0.25, -0.2) is 4.68 Å². The SMILES string of the molecule is Cc1c(CO)nnn1C[C@H](O)COc1ccc(C(C)(C)c2ccc(OC[C@@H](O)CCl)c(I)c2)cc1. The Morgan fingerprint density at radius 3 is 2.29 bits per heavy atom. The average Bonchev–Trinajstić information content (AvgIpc) is 3.20. The molecule has 0 fully saturated rings. The number of halogens is 2. The smallest absolute Gasteiger partial charge is 0.132 e. The number of ether oxygens (including phenoxy) is 2. The predicted molar refractivity (Wildman–Crippen MR) is 142 cm³/mol. The van der Waals surface area contributed by atoms with Gasteiger partial charge in [0.15, 0.2) is 0 Å². The van der Waals surface area contributed by atoms with Crippen molar-refractivity contribution >= 4 is 34.2 Å². The molecule has 0 radical (unpaired) electrons. The Labute approximate surface area is 224 Å². The van der Waals surface area contributed by atoms with E-state index in [9.17, 15) is 15.3 Å². The molecule has 0 bridgehead atoms. The van der Waals surface area contributed by atoms with E-state index < -0.39 is 12.2 Å². The van der Waals surface area contributed by atoms with Crippen LogP contribution in [0.3, 0.4) is 0 Å². The van der Waals surface area contributed by atoms with Crippen LogP contribution in [0.1, 0.15) is 36.4 Å². The van der Waals surface area contributed by atoms with Gasteiger partial charge in [-0.15, -0.1) is 16.7 Å². The molecule has 0 saturated carbocycles. The van der Waals surface area contributed by atoms with Crippen LogP contribution in [0.4, 0.5) is 0 Å². The summed E-state index contributed by atoms with van der Waals surface area (Å²) in [7, 11) is 0. The lowest BCUT2D eigenvalue weighted by Gasteiger charge is -2.27. The van der Waals surface area contributed by atoms with Gasteiger partial charge in [-0.3, -0.25) is 0 Å². The molecule has 35 heavy (non-hydrogen) atoms. The first-order valence-electron chi connectivity index (χ1n) is 11.2. The predicted octanol–water partition coefficient (Wildman–Crippen LogP) is 3.43. The van der Waals surface area contributed by atoms with Gasteiger partial charge in [0.1, 0.15) is 42.6 Å². The number of hydrogen-bond donors (Lipinski definition) is 3. The molecule has 8 nitrogen and oxygen atoms in total. The van der Waals surface area contributed by atoms with Crippen LogP contribution in [0.15, 0.2) is 42.5 Å². The van der Waals surface area contributed by atoms with Gasteiger partial charge in [0.05, 0.1) is 28.3 Å². The summed E-state index contributed by atoms with van der Waals surface area (Å²) in [5.74, 6) is 1.50. The fraction of sp³-hybridized carbons (Fsp3) is 0.440. The summed E-state index contributed by atoms with van der Waals surface area (Å²) in [5, 5.41) is 37.0. The van der Waals surface area contributed by atoms with Gasteiger partial charge in [0, 0.05) is 5.41 Å². The standard InChI is InChI=1S/C25H31ClIN3O5/c1-16-23(13-31)28-29-30(16)12-20(33)15-34-21-7-4-17(5-8-21)25(2,3)18-6-9-24(22(27)10-18)35-14-19(32)11-26/h4-10,19-20,31-33H,11-15H2,1-3H3/t19-,20-/m0/s1. The summed E-state index contributed by atoms with van der Waals surface area (Å²) < 4.78 is 14.0. The minimum Gasteiger partial charge on any atom is -0.491 e. The molecule has 0 saturated heterocycles. The van der Waals surface area contributed by atoms with E-state index in [1.165, 1.54) is 0 Å². The first-order valence-corrected chi connectivity index (χ1v) is 12.8. The van der Waals surface area contributed by atoms with Crippen molar-refractivity contribution in [3.63, 3.8) is 0 Å².